The predicted molar refractivity (Wildman–Crippen MR) is 87.2 cm³/mol. The molecule has 0 heterocycles. The normalized spacial score (nSPS) is 11.0. The van der Waals surface area contributed by atoms with Gasteiger partial charge in [0.05, 0.1) is 13.2 Å². The monoisotopic (exact) mass is 294 g/mol. The number of rotatable bonds is 9. The van der Waals surface area contributed by atoms with Gasteiger partial charge in [0.2, 0.25) is 0 Å². The Bertz CT molecular complexity index is 453. The Balaban J connectivity index is 2.77. The molecule has 0 amide bonds. The maximum absolute atomic E-state index is 8.77. The minimum atomic E-state index is 0.288. The molecule has 0 saturated heterocycles. The third kappa shape index (κ3) is 4.72. The van der Waals surface area contributed by atoms with E-state index in [9.17, 15) is 0 Å². The van der Waals surface area contributed by atoms with E-state index < -0.39 is 0 Å². The van der Waals surface area contributed by atoms with Crippen LogP contribution in [0.4, 0.5) is 0 Å². The number of unbranched alkanes of at least 4 members (excludes halogenated alkanes) is 3. The quantitative estimate of drug-likeness (QED) is 0.700. The molecule has 1 aromatic rings. The highest BCUT2D eigenvalue weighted by molar-refractivity contribution is 5.53. The lowest BCUT2D eigenvalue weighted by Gasteiger charge is -2.20. The molecule has 1 rings (SSSR count). The molecule has 0 atom stereocenters. The number of ether oxygens (including phenoxy) is 2. The molecule has 21 heavy (non-hydrogen) atoms. The molecule has 0 aliphatic heterocycles. The van der Waals surface area contributed by atoms with Crippen molar-refractivity contribution in [1.82, 2.24) is 0 Å². The molecule has 0 radical (unpaired) electrons. The summed E-state index contributed by atoms with van der Waals surface area (Å²) in [6.07, 6.45) is 4.10. The maximum Gasteiger partial charge on any atom is 0.125 e. The second-order valence-electron chi connectivity index (χ2n) is 5.73. The molecule has 0 bridgehead atoms. The first-order chi connectivity index (χ1) is 10.0. The van der Waals surface area contributed by atoms with Gasteiger partial charge in [0.25, 0.3) is 0 Å². The van der Waals surface area contributed by atoms with Gasteiger partial charge in [-0.25, -0.2) is 0 Å². The molecule has 0 spiro atoms. The predicted octanol–water partition coefficient (Wildman–Crippen LogP) is 4.00. The molecule has 0 unspecified atom stereocenters. The molecular formula is C18H30O3. The van der Waals surface area contributed by atoms with Crippen molar-refractivity contribution in [1.29, 1.82) is 0 Å². The second-order valence-corrected chi connectivity index (χ2v) is 5.73. The lowest BCUT2D eigenvalue weighted by atomic mass is 9.93. The maximum atomic E-state index is 8.77. The summed E-state index contributed by atoms with van der Waals surface area (Å²) in [4.78, 5) is 0. The summed E-state index contributed by atoms with van der Waals surface area (Å²) in [5.74, 6) is 1.02. The Kier molecular flexibility index (Phi) is 7.76. The van der Waals surface area contributed by atoms with E-state index in [1.165, 1.54) is 27.8 Å². The highest BCUT2D eigenvalue weighted by Crippen LogP contribution is 2.33. The molecule has 3 heteroatoms. The topological polar surface area (TPSA) is 38.7 Å². The van der Waals surface area contributed by atoms with Gasteiger partial charge in [0, 0.05) is 13.7 Å². The third-order valence-corrected chi connectivity index (χ3v) is 4.30. The molecule has 0 saturated carbocycles. The van der Waals surface area contributed by atoms with Crippen LogP contribution in [0.5, 0.6) is 5.75 Å². The van der Waals surface area contributed by atoms with Crippen LogP contribution in [-0.2, 0) is 11.3 Å². The molecule has 1 aromatic carbocycles. The number of methoxy groups -OCH3 is 1. The lowest BCUT2D eigenvalue weighted by molar-refractivity contribution is 0.183. The molecule has 0 aliphatic carbocycles. The van der Waals surface area contributed by atoms with Gasteiger partial charge in [-0.1, -0.05) is 6.42 Å². The van der Waals surface area contributed by atoms with Crippen molar-refractivity contribution in [2.45, 2.75) is 60.0 Å². The van der Waals surface area contributed by atoms with Crippen LogP contribution in [0.2, 0.25) is 0 Å². The van der Waals surface area contributed by atoms with Crippen molar-refractivity contribution in [2.24, 2.45) is 0 Å². The van der Waals surface area contributed by atoms with E-state index >= 15 is 0 Å². The summed E-state index contributed by atoms with van der Waals surface area (Å²) in [5, 5.41) is 8.77. The van der Waals surface area contributed by atoms with Crippen molar-refractivity contribution < 1.29 is 14.6 Å². The summed E-state index contributed by atoms with van der Waals surface area (Å²) >= 11 is 0. The largest absolute Gasteiger partial charge is 0.493 e. The molecule has 0 aromatic heterocycles. The van der Waals surface area contributed by atoms with Crippen molar-refractivity contribution in [2.75, 3.05) is 20.3 Å². The van der Waals surface area contributed by atoms with Crippen LogP contribution in [0, 0.1) is 27.7 Å². The fraction of sp³-hybridized carbons (Fsp3) is 0.667. The second kappa shape index (κ2) is 9.06. The Morgan fingerprint density at radius 2 is 1.48 bits per heavy atom. The number of benzene rings is 1. The molecule has 1 N–H and O–H groups in total. The highest BCUT2D eigenvalue weighted by Gasteiger charge is 2.15. The highest BCUT2D eigenvalue weighted by atomic mass is 16.5. The van der Waals surface area contributed by atoms with Gasteiger partial charge in [-0.05, 0) is 74.8 Å². The first-order valence-electron chi connectivity index (χ1n) is 7.86. The van der Waals surface area contributed by atoms with Gasteiger partial charge >= 0.3 is 0 Å². The van der Waals surface area contributed by atoms with Gasteiger partial charge in [0.1, 0.15) is 5.75 Å². The Morgan fingerprint density at radius 3 is 2.10 bits per heavy atom. The summed E-state index contributed by atoms with van der Waals surface area (Å²) in [7, 11) is 1.73. The lowest BCUT2D eigenvalue weighted by Crippen LogP contribution is -2.07. The van der Waals surface area contributed by atoms with Crippen LogP contribution >= 0.6 is 0 Å². The zero-order chi connectivity index (χ0) is 15.8. The Morgan fingerprint density at radius 1 is 0.810 bits per heavy atom. The third-order valence-electron chi connectivity index (χ3n) is 4.30. The smallest absolute Gasteiger partial charge is 0.125 e. The molecule has 0 aliphatic rings. The SMILES string of the molecule is COCc1c(C)c(C)c(C)c(OCCCCCCO)c1C. The van der Waals surface area contributed by atoms with Crippen molar-refractivity contribution in [3.63, 3.8) is 0 Å². The Labute approximate surface area is 129 Å². The zero-order valence-electron chi connectivity index (χ0n) is 14.2. The first kappa shape index (κ1) is 18.0. The molecule has 3 nitrogen and oxygen atoms in total. The van der Waals surface area contributed by atoms with Gasteiger partial charge < -0.3 is 14.6 Å². The average molecular weight is 294 g/mol. The van der Waals surface area contributed by atoms with Crippen molar-refractivity contribution in [3.8, 4) is 5.75 Å². The average Bonchev–Trinajstić information content (AvgIpc) is 2.48. The van der Waals surface area contributed by atoms with Crippen LogP contribution in [0.15, 0.2) is 0 Å². The first-order valence-corrected chi connectivity index (χ1v) is 7.86. The Hall–Kier alpha value is -1.06. The summed E-state index contributed by atoms with van der Waals surface area (Å²) in [6.45, 7) is 10.2. The number of hydrogen-bond donors (Lipinski definition) is 1. The standard InChI is InChI=1S/C18H30O3/c1-13-14(2)17(12-20-5)16(4)18(15(13)3)21-11-9-7-6-8-10-19/h19H,6-12H2,1-5H3. The van der Waals surface area contributed by atoms with E-state index in [1.54, 1.807) is 7.11 Å². The number of aliphatic hydroxyl groups excluding tert-OH is 1. The minimum absolute atomic E-state index is 0.288. The van der Waals surface area contributed by atoms with E-state index in [0.717, 1.165) is 38.0 Å². The van der Waals surface area contributed by atoms with E-state index in [-0.39, 0.29) is 6.61 Å². The fourth-order valence-corrected chi connectivity index (χ4v) is 2.70. The number of hydrogen-bond acceptors (Lipinski definition) is 3. The van der Waals surface area contributed by atoms with Crippen molar-refractivity contribution >= 4 is 0 Å². The summed E-state index contributed by atoms with van der Waals surface area (Å²) in [5.41, 5.74) is 6.29. The van der Waals surface area contributed by atoms with Crippen LogP contribution in [0.1, 0.15) is 53.5 Å². The van der Waals surface area contributed by atoms with E-state index in [2.05, 4.69) is 27.7 Å². The van der Waals surface area contributed by atoms with E-state index in [1.807, 2.05) is 0 Å². The summed E-state index contributed by atoms with van der Waals surface area (Å²) in [6, 6.07) is 0. The molecular weight excluding hydrogens is 264 g/mol. The van der Waals surface area contributed by atoms with Gasteiger partial charge in [-0.3, -0.25) is 0 Å². The fourth-order valence-electron chi connectivity index (χ4n) is 2.70. The van der Waals surface area contributed by atoms with Crippen LogP contribution in [0.25, 0.3) is 0 Å². The van der Waals surface area contributed by atoms with E-state index in [4.69, 9.17) is 14.6 Å². The van der Waals surface area contributed by atoms with Crippen molar-refractivity contribution in [3.05, 3.63) is 27.8 Å². The molecule has 0 fully saturated rings. The molecule has 120 valence electrons. The number of aliphatic hydroxyl groups is 1. The van der Waals surface area contributed by atoms with Crippen LogP contribution in [-0.4, -0.2) is 25.4 Å². The van der Waals surface area contributed by atoms with Gasteiger partial charge in [-0.15, -0.1) is 0 Å². The van der Waals surface area contributed by atoms with Gasteiger partial charge in [0.15, 0.2) is 0 Å². The van der Waals surface area contributed by atoms with E-state index in [0.29, 0.717) is 6.61 Å². The van der Waals surface area contributed by atoms with Crippen LogP contribution in [0.3, 0.4) is 0 Å². The van der Waals surface area contributed by atoms with Gasteiger partial charge in [-0.2, -0.15) is 0 Å². The zero-order valence-corrected chi connectivity index (χ0v) is 14.2. The van der Waals surface area contributed by atoms with Crippen LogP contribution < -0.4 is 4.74 Å². The summed E-state index contributed by atoms with van der Waals surface area (Å²) < 4.78 is 11.4. The minimum Gasteiger partial charge on any atom is -0.493 e.